The number of rotatable bonds is 5. The monoisotopic (exact) mass is 337 g/mol. The molecule has 0 radical (unpaired) electrons. The van der Waals surface area contributed by atoms with Crippen molar-refractivity contribution in [2.24, 2.45) is 0 Å². The van der Waals surface area contributed by atoms with E-state index in [1.165, 1.54) is 12.1 Å². The maximum atomic E-state index is 13.1. The summed E-state index contributed by atoms with van der Waals surface area (Å²) in [7, 11) is 0. The Bertz CT molecular complexity index is 576. The summed E-state index contributed by atoms with van der Waals surface area (Å²) in [5.74, 6) is -0.333. The first-order valence-corrected chi connectivity index (χ1v) is 7.28. The summed E-state index contributed by atoms with van der Waals surface area (Å²) < 4.78 is 14.1. The van der Waals surface area contributed by atoms with Gasteiger partial charge in [0.1, 0.15) is 5.82 Å². The lowest BCUT2D eigenvalue weighted by atomic mass is 10.1. The van der Waals surface area contributed by atoms with Crippen LogP contribution in [0.5, 0.6) is 0 Å². The van der Waals surface area contributed by atoms with E-state index >= 15 is 0 Å². The van der Waals surface area contributed by atoms with E-state index in [0.717, 1.165) is 10.0 Å². The number of nitrogens with one attached hydrogen (secondary N) is 1. The molecule has 2 atom stereocenters. The van der Waals surface area contributed by atoms with Gasteiger partial charge in [0.15, 0.2) is 0 Å². The van der Waals surface area contributed by atoms with Gasteiger partial charge in [-0.25, -0.2) is 4.39 Å². The molecule has 2 aromatic carbocycles. The van der Waals surface area contributed by atoms with Crippen molar-refractivity contribution >= 4 is 15.9 Å². The number of hydrogen-bond acceptors (Lipinski definition) is 2. The molecular weight excluding hydrogens is 321 g/mol. The number of aliphatic hydroxyl groups excluding tert-OH is 1. The zero-order chi connectivity index (χ0) is 14.5. The molecule has 0 amide bonds. The Labute approximate surface area is 126 Å². The molecule has 4 heteroatoms. The molecule has 0 fully saturated rings. The molecular formula is C16H17BrFNO. The highest BCUT2D eigenvalue weighted by atomic mass is 79.9. The van der Waals surface area contributed by atoms with Gasteiger partial charge in [0, 0.05) is 17.1 Å². The minimum absolute atomic E-state index is 0.0915. The molecule has 0 bridgehead atoms. The van der Waals surface area contributed by atoms with Gasteiger partial charge in [0.2, 0.25) is 0 Å². The second-order valence-corrected chi connectivity index (χ2v) is 5.58. The molecule has 2 nitrogen and oxygen atoms in total. The summed E-state index contributed by atoms with van der Waals surface area (Å²) in [6, 6.07) is 14.1. The Kier molecular flexibility index (Phi) is 5.29. The van der Waals surface area contributed by atoms with Crippen molar-refractivity contribution in [3.8, 4) is 0 Å². The molecule has 2 aromatic rings. The van der Waals surface area contributed by atoms with E-state index in [1.54, 1.807) is 12.1 Å². The van der Waals surface area contributed by atoms with Gasteiger partial charge in [-0.3, -0.25) is 0 Å². The first-order chi connectivity index (χ1) is 9.58. The second-order valence-electron chi connectivity index (χ2n) is 4.72. The van der Waals surface area contributed by atoms with Gasteiger partial charge in [-0.15, -0.1) is 0 Å². The van der Waals surface area contributed by atoms with E-state index in [9.17, 15) is 9.50 Å². The minimum Gasteiger partial charge on any atom is -0.387 e. The van der Waals surface area contributed by atoms with E-state index in [0.29, 0.717) is 12.1 Å². The first-order valence-electron chi connectivity index (χ1n) is 6.49. The van der Waals surface area contributed by atoms with Crippen LogP contribution in [-0.4, -0.2) is 11.7 Å². The zero-order valence-electron chi connectivity index (χ0n) is 11.2. The Morgan fingerprint density at radius 2 is 1.95 bits per heavy atom. The summed E-state index contributed by atoms with van der Waals surface area (Å²) in [6.45, 7) is 2.39. The predicted molar refractivity (Wildman–Crippen MR) is 81.9 cm³/mol. The van der Waals surface area contributed by atoms with E-state index < -0.39 is 6.10 Å². The number of benzene rings is 2. The second kappa shape index (κ2) is 6.97. The van der Waals surface area contributed by atoms with Crippen molar-refractivity contribution in [1.82, 2.24) is 5.32 Å². The van der Waals surface area contributed by atoms with E-state index in [2.05, 4.69) is 21.2 Å². The van der Waals surface area contributed by atoms with Gasteiger partial charge < -0.3 is 10.4 Å². The summed E-state index contributed by atoms with van der Waals surface area (Å²) in [6.07, 6.45) is -0.726. The Morgan fingerprint density at radius 1 is 1.20 bits per heavy atom. The van der Waals surface area contributed by atoms with Crippen LogP contribution in [0.3, 0.4) is 0 Å². The van der Waals surface area contributed by atoms with Crippen LogP contribution in [0.1, 0.15) is 30.2 Å². The van der Waals surface area contributed by atoms with Crippen LogP contribution in [0, 0.1) is 5.82 Å². The van der Waals surface area contributed by atoms with Crippen LogP contribution in [0.25, 0.3) is 0 Å². The maximum absolute atomic E-state index is 13.1. The molecule has 0 saturated carbocycles. The van der Waals surface area contributed by atoms with Crippen LogP contribution in [0.2, 0.25) is 0 Å². The van der Waals surface area contributed by atoms with Crippen LogP contribution in [0.4, 0.5) is 4.39 Å². The van der Waals surface area contributed by atoms with E-state index in [4.69, 9.17) is 0 Å². The molecule has 0 aliphatic heterocycles. The van der Waals surface area contributed by atoms with E-state index in [1.807, 2.05) is 31.2 Å². The van der Waals surface area contributed by atoms with Gasteiger partial charge in [0.25, 0.3) is 0 Å². The third kappa shape index (κ3) is 3.88. The SMILES string of the molecule is C[C@H](NCC(O)c1cccc(F)c1)c1ccccc1Br. The molecule has 0 heterocycles. The molecule has 0 saturated heterocycles. The number of aliphatic hydroxyl groups is 1. The molecule has 106 valence electrons. The highest BCUT2D eigenvalue weighted by Gasteiger charge is 2.12. The van der Waals surface area contributed by atoms with Crippen molar-refractivity contribution in [2.75, 3.05) is 6.54 Å². The van der Waals surface area contributed by atoms with Crippen molar-refractivity contribution < 1.29 is 9.50 Å². The number of halogens is 2. The summed E-state index contributed by atoms with van der Waals surface area (Å²) in [5.41, 5.74) is 1.70. The molecule has 20 heavy (non-hydrogen) atoms. The van der Waals surface area contributed by atoms with Crippen LogP contribution in [0.15, 0.2) is 53.0 Å². The predicted octanol–water partition coefficient (Wildman–Crippen LogP) is 3.97. The molecule has 1 unspecified atom stereocenters. The highest BCUT2D eigenvalue weighted by Crippen LogP contribution is 2.23. The average molecular weight is 338 g/mol. The van der Waals surface area contributed by atoms with Crippen molar-refractivity contribution in [1.29, 1.82) is 0 Å². The van der Waals surface area contributed by atoms with Gasteiger partial charge in [-0.2, -0.15) is 0 Å². The standard InChI is InChI=1S/C16H17BrFNO/c1-11(14-7-2-3-8-15(14)17)19-10-16(20)12-5-4-6-13(18)9-12/h2-9,11,16,19-20H,10H2,1H3/t11-,16?/m0/s1. The summed E-state index contributed by atoms with van der Waals surface area (Å²) >= 11 is 3.51. The third-order valence-electron chi connectivity index (χ3n) is 3.22. The van der Waals surface area contributed by atoms with Gasteiger partial charge >= 0.3 is 0 Å². The number of hydrogen-bond donors (Lipinski definition) is 2. The lowest BCUT2D eigenvalue weighted by Crippen LogP contribution is -2.25. The molecule has 0 aliphatic rings. The average Bonchev–Trinajstić information content (AvgIpc) is 2.45. The van der Waals surface area contributed by atoms with Crippen LogP contribution >= 0.6 is 15.9 Å². The van der Waals surface area contributed by atoms with Crippen molar-refractivity contribution in [3.63, 3.8) is 0 Å². The van der Waals surface area contributed by atoms with E-state index in [-0.39, 0.29) is 11.9 Å². The van der Waals surface area contributed by atoms with Gasteiger partial charge in [-0.1, -0.05) is 46.3 Å². The van der Waals surface area contributed by atoms with Gasteiger partial charge in [0.05, 0.1) is 6.10 Å². The fourth-order valence-electron chi connectivity index (χ4n) is 2.06. The molecule has 2 rings (SSSR count). The Hall–Kier alpha value is -1.23. The Morgan fingerprint density at radius 3 is 2.65 bits per heavy atom. The molecule has 2 N–H and O–H groups in total. The summed E-state index contributed by atoms with van der Waals surface area (Å²) in [4.78, 5) is 0. The Balaban J connectivity index is 1.97. The van der Waals surface area contributed by atoms with Crippen LogP contribution in [-0.2, 0) is 0 Å². The fourth-order valence-corrected chi connectivity index (χ4v) is 2.68. The lowest BCUT2D eigenvalue weighted by Gasteiger charge is -2.18. The highest BCUT2D eigenvalue weighted by molar-refractivity contribution is 9.10. The lowest BCUT2D eigenvalue weighted by molar-refractivity contribution is 0.170. The zero-order valence-corrected chi connectivity index (χ0v) is 12.8. The van der Waals surface area contributed by atoms with Gasteiger partial charge in [-0.05, 0) is 36.2 Å². The quantitative estimate of drug-likeness (QED) is 0.865. The largest absolute Gasteiger partial charge is 0.387 e. The third-order valence-corrected chi connectivity index (χ3v) is 3.94. The maximum Gasteiger partial charge on any atom is 0.123 e. The summed E-state index contributed by atoms with van der Waals surface area (Å²) in [5, 5.41) is 13.3. The molecule has 0 aromatic heterocycles. The first kappa shape index (κ1) is 15.2. The topological polar surface area (TPSA) is 32.3 Å². The smallest absolute Gasteiger partial charge is 0.123 e. The molecule has 0 aliphatic carbocycles. The fraction of sp³-hybridized carbons (Fsp3) is 0.250. The normalized spacial score (nSPS) is 14.0. The van der Waals surface area contributed by atoms with Crippen molar-refractivity contribution in [3.05, 3.63) is 69.9 Å². The van der Waals surface area contributed by atoms with Crippen molar-refractivity contribution in [2.45, 2.75) is 19.1 Å². The molecule has 0 spiro atoms. The minimum atomic E-state index is -0.726. The van der Waals surface area contributed by atoms with Crippen LogP contribution < -0.4 is 5.32 Å².